The molecule has 0 amide bonds. The molecule has 1 heterocycles. The Morgan fingerprint density at radius 1 is 0.946 bits per heavy atom. The molecule has 0 saturated carbocycles. The Hall–Kier alpha value is -4.69. The first-order chi connectivity index (χ1) is 17.8. The number of para-hydroxylation sites is 1. The first-order valence-electron chi connectivity index (χ1n) is 11.0. The highest BCUT2D eigenvalue weighted by molar-refractivity contribution is 6.30. The molecular formula is C28H20ClNO7. The number of cyclic esters (lactones) is 1. The summed E-state index contributed by atoms with van der Waals surface area (Å²) in [4.78, 5) is 40.4. The van der Waals surface area contributed by atoms with Gasteiger partial charge >= 0.3 is 17.9 Å². The highest BCUT2D eigenvalue weighted by atomic mass is 35.5. The van der Waals surface area contributed by atoms with Crippen LogP contribution in [0.25, 0.3) is 12.2 Å². The van der Waals surface area contributed by atoms with Gasteiger partial charge in [0.2, 0.25) is 5.90 Å². The summed E-state index contributed by atoms with van der Waals surface area (Å²) in [5.74, 6) is -0.997. The molecule has 0 fully saturated rings. The van der Waals surface area contributed by atoms with Crippen molar-refractivity contribution in [3.63, 3.8) is 0 Å². The molecule has 0 saturated heterocycles. The van der Waals surface area contributed by atoms with E-state index in [0.717, 1.165) is 5.56 Å². The lowest BCUT2D eigenvalue weighted by Gasteiger charge is -2.09. The first kappa shape index (κ1) is 25.4. The molecule has 0 bridgehead atoms. The van der Waals surface area contributed by atoms with Crippen LogP contribution in [0.1, 0.15) is 23.6 Å². The predicted octanol–water partition coefficient (Wildman–Crippen LogP) is 5.24. The molecule has 3 aromatic carbocycles. The lowest BCUT2D eigenvalue weighted by molar-refractivity contribution is -0.132. The minimum atomic E-state index is -0.679. The SMILES string of the molecule is COc1cc(C2=N/C(=C\c3ccccc3OC(=O)/C=C/c3ccc(Cl)cc3)C(=O)O2)ccc1OC(C)=O. The van der Waals surface area contributed by atoms with E-state index in [1.807, 2.05) is 0 Å². The van der Waals surface area contributed by atoms with Crippen molar-refractivity contribution in [2.75, 3.05) is 7.11 Å². The summed E-state index contributed by atoms with van der Waals surface area (Å²) < 4.78 is 21.1. The van der Waals surface area contributed by atoms with E-state index in [1.165, 1.54) is 38.3 Å². The van der Waals surface area contributed by atoms with Gasteiger partial charge in [-0.1, -0.05) is 41.9 Å². The van der Waals surface area contributed by atoms with E-state index in [9.17, 15) is 14.4 Å². The van der Waals surface area contributed by atoms with Crippen LogP contribution in [-0.2, 0) is 19.1 Å². The van der Waals surface area contributed by atoms with E-state index in [-0.39, 0.29) is 28.8 Å². The summed E-state index contributed by atoms with van der Waals surface area (Å²) in [6, 6.07) is 18.3. The Balaban J connectivity index is 1.55. The Morgan fingerprint density at radius 3 is 2.43 bits per heavy atom. The second kappa shape index (κ2) is 11.4. The van der Waals surface area contributed by atoms with Crippen molar-refractivity contribution in [2.24, 2.45) is 4.99 Å². The number of carbonyl (C=O) groups excluding carboxylic acids is 3. The largest absolute Gasteiger partial charge is 0.493 e. The maximum absolute atomic E-state index is 12.5. The average Bonchev–Trinajstić information content (AvgIpc) is 3.24. The summed E-state index contributed by atoms with van der Waals surface area (Å²) in [5, 5.41) is 0.594. The van der Waals surface area contributed by atoms with Crippen molar-refractivity contribution in [1.82, 2.24) is 0 Å². The Bertz CT molecular complexity index is 1460. The fraction of sp³-hybridized carbons (Fsp3) is 0.0714. The summed E-state index contributed by atoms with van der Waals surface area (Å²) in [6.07, 6.45) is 4.36. The minimum absolute atomic E-state index is 0.0123. The third kappa shape index (κ3) is 6.50. The Labute approximate surface area is 217 Å². The zero-order chi connectivity index (χ0) is 26.4. The average molecular weight is 518 g/mol. The van der Waals surface area contributed by atoms with E-state index >= 15 is 0 Å². The van der Waals surface area contributed by atoms with Crippen molar-refractivity contribution in [2.45, 2.75) is 6.92 Å². The fourth-order valence-electron chi connectivity index (χ4n) is 3.29. The Kier molecular flexibility index (Phi) is 7.80. The summed E-state index contributed by atoms with van der Waals surface area (Å²) in [6.45, 7) is 1.28. The van der Waals surface area contributed by atoms with Crippen LogP contribution in [0.4, 0.5) is 0 Å². The van der Waals surface area contributed by atoms with Gasteiger partial charge in [0, 0.05) is 29.1 Å². The molecule has 1 aliphatic rings. The number of halogens is 1. The van der Waals surface area contributed by atoms with Crippen LogP contribution in [0.5, 0.6) is 17.2 Å². The number of hydrogen-bond donors (Lipinski definition) is 0. The number of methoxy groups -OCH3 is 1. The van der Waals surface area contributed by atoms with Crippen LogP contribution >= 0.6 is 11.6 Å². The number of rotatable bonds is 7. The van der Waals surface area contributed by atoms with Gasteiger partial charge in [0.1, 0.15) is 5.75 Å². The maximum Gasteiger partial charge on any atom is 0.363 e. The topological polar surface area (TPSA) is 100 Å². The fourth-order valence-corrected chi connectivity index (χ4v) is 3.42. The van der Waals surface area contributed by atoms with E-state index in [1.54, 1.807) is 60.7 Å². The third-order valence-corrected chi connectivity index (χ3v) is 5.24. The molecule has 1 aliphatic heterocycles. The van der Waals surface area contributed by atoms with Gasteiger partial charge in [0.15, 0.2) is 17.2 Å². The second-order valence-electron chi connectivity index (χ2n) is 7.64. The van der Waals surface area contributed by atoms with Crippen LogP contribution in [0.2, 0.25) is 5.02 Å². The van der Waals surface area contributed by atoms with Crippen molar-refractivity contribution in [1.29, 1.82) is 0 Å². The number of carbonyl (C=O) groups is 3. The van der Waals surface area contributed by atoms with E-state index in [2.05, 4.69) is 4.99 Å². The van der Waals surface area contributed by atoms with Crippen molar-refractivity contribution < 1.29 is 33.3 Å². The quantitative estimate of drug-likeness (QED) is 0.240. The molecule has 0 atom stereocenters. The number of ether oxygens (including phenoxy) is 4. The van der Waals surface area contributed by atoms with Crippen LogP contribution < -0.4 is 14.2 Å². The maximum atomic E-state index is 12.5. The molecule has 0 unspecified atom stereocenters. The summed E-state index contributed by atoms with van der Waals surface area (Å²) in [5.41, 5.74) is 1.69. The molecule has 37 heavy (non-hydrogen) atoms. The molecule has 186 valence electrons. The zero-order valence-corrected chi connectivity index (χ0v) is 20.5. The minimum Gasteiger partial charge on any atom is -0.493 e. The van der Waals surface area contributed by atoms with Crippen LogP contribution in [0.15, 0.2) is 83.5 Å². The van der Waals surface area contributed by atoms with Crippen LogP contribution in [0, 0.1) is 0 Å². The van der Waals surface area contributed by atoms with Crippen molar-refractivity contribution in [3.8, 4) is 17.2 Å². The predicted molar refractivity (Wildman–Crippen MR) is 137 cm³/mol. The first-order valence-corrected chi connectivity index (χ1v) is 11.3. The van der Waals surface area contributed by atoms with Crippen LogP contribution in [0.3, 0.4) is 0 Å². The van der Waals surface area contributed by atoms with E-state index < -0.39 is 17.9 Å². The Morgan fingerprint density at radius 2 is 1.70 bits per heavy atom. The van der Waals surface area contributed by atoms with E-state index in [4.69, 9.17) is 30.5 Å². The molecule has 4 rings (SSSR count). The van der Waals surface area contributed by atoms with Gasteiger partial charge in [-0.3, -0.25) is 4.79 Å². The number of benzene rings is 3. The normalized spacial score (nSPS) is 13.9. The second-order valence-corrected chi connectivity index (χ2v) is 8.08. The number of aliphatic imine (C=N–C) groups is 1. The highest BCUT2D eigenvalue weighted by Gasteiger charge is 2.25. The standard InChI is InChI=1S/C28H20ClNO7/c1-17(31)35-24-13-10-20(16-25(24)34-2)27-30-22(28(33)37-27)15-19-5-3-4-6-23(19)36-26(32)14-9-18-7-11-21(29)12-8-18/h3-16H,1-2H3/b14-9+,22-15-. The lowest BCUT2D eigenvalue weighted by atomic mass is 10.1. The van der Waals surface area contributed by atoms with Gasteiger partial charge in [0.25, 0.3) is 0 Å². The smallest absolute Gasteiger partial charge is 0.363 e. The zero-order valence-electron chi connectivity index (χ0n) is 19.8. The van der Waals surface area contributed by atoms with Crippen molar-refractivity contribution >= 4 is 47.6 Å². The van der Waals surface area contributed by atoms with Gasteiger partial charge in [-0.2, -0.15) is 0 Å². The molecule has 9 heteroatoms. The van der Waals surface area contributed by atoms with Crippen LogP contribution in [-0.4, -0.2) is 30.9 Å². The number of nitrogens with zero attached hydrogens (tertiary/aromatic N) is 1. The molecule has 3 aromatic rings. The molecule has 0 aliphatic carbocycles. The van der Waals surface area contributed by atoms with Gasteiger partial charge in [-0.05, 0) is 54.1 Å². The highest BCUT2D eigenvalue weighted by Crippen LogP contribution is 2.31. The lowest BCUT2D eigenvalue weighted by Crippen LogP contribution is -2.07. The van der Waals surface area contributed by atoms with Gasteiger partial charge < -0.3 is 18.9 Å². The molecular weight excluding hydrogens is 498 g/mol. The summed E-state index contributed by atoms with van der Waals surface area (Å²) in [7, 11) is 1.42. The monoisotopic (exact) mass is 517 g/mol. The summed E-state index contributed by atoms with van der Waals surface area (Å²) >= 11 is 5.87. The molecule has 8 nitrogen and oxygen atoms in total. The molecule has 0 aromatic heterocycles. The molecule has 0 radical (unpaired) electrons. The molecule has 0 N–H and O–H groups in total. The van der Waals surface area contributed by atoms with E-state index in [0.29, 0.717) is 16.1 Å². The molecule has 0 spiro atoms. The van der Waals surface area contributed by atoms with Gasteiger partial charge in [-0.15, -0.1) is 0 Å². The van der Waals surface area contributed by atoms with Crippen molar-refractivity contribution in [3.05, 3.63) is 100 Å². The van der Waals surface area contributed by atoms with Gasteiger partial charge in [0.05, 0.1) is 7.11 Å². The third-order valence-electron chi connectivity index (χ3n) is 4.99. The number of hydrogen-bond acceptors (Lipinski definition) is 8. The van der Waals surface area contributed by atoms with Gasteiger partial charge in [-0.25, -0.2) is 14.6 Å². The number of esters is 3.